The molecule has 0 aliphatic rings. The number of unbranched alkanes of at least 4 members (excludes halogenated alkanes) is 8. The zero-order valence-corrected chi connectivity index (χ0v) is 23.8. The molecule has 0 saturated heterocycles. The highest BCUT2D eigenvalue weighted by molar-refractivity contribution is 7.47. The third-order valence-electron chi connectivity index (χ3n) is 5.35. The van der Waals surface area contributed by atoms with Crippen LogP contribution in [-0.4, -0.2) is 74.2 Å². The van der Waals surface area contributed by atoms with E-state index in [0.717, 1.165) is 44.9 Å². The number of carbonyl (C=O) groups excluding carboxylic acids is 1. The molecule has 0 saturated carbocycles. The van der Waals surface area contributed by atoms with E-state index >= 15 is 0 Å². The second-order valence-corrected chi connectivity index (χ2v) is 11.5. The van der Waals surface area contributed by atoms with Gasteiger partial charge in [-0.2, -0.15) is 0 Å². The van der Waals surface area contributed by atoms with Gasteiger partial charge in [-0.25, -0.2) is 9.45 Å². The van der Waals surface area contributed by atoms with Crippen molar-refractivity contribution in [1.29, 1.82) is 0 Å². The number of carbonyl (C=O) groups is 1. The fourth-order valence-corrected chi connectivity index (χ4v) is 3.83. The van der Waals surface area contributed by atoms with Gasteiger partial charge >= 0.3 is 13.8 Å². The molecule has 0 heterocycles. The molecule has 0 aromatic rings. The van der Waals surface area contributed by atoms with Crippen LogP contribution in [0.1, 0.15) is 84.0 Å². The summed E-state index contributed by atoms with van der Waals surface area (Å²) in [5.41, 5.74) is 0. The largest absolute Gasteiger partial charge is 0.472 e. The van der Waals surface area contributed by atoms with E-state index in [1.165, 1.54) is 25.7 Å². The molecule has 0 radical (unpaired) electrons. The molecule has 2 atom stereocenters. The maximum absolute atomic E-state index is 11.9. The van der Waals surface area contributed by atoms with Crippen LogP contribution < -0.4 is 0 Å². The lowest BCUT2D eigenvalue weighted by Crippen LogP contribution is -2.37. The number of quaternary nitrogens is 1. The Kier molecular flexibility index (Phi) is 21.3. The minimum Gasteiger partial charge on any atom is -0.463 e. The van der Waals surface area contributed by atoms with Crippen LogP contribution in [0.3, 0.4) is 0 Å². The summed E-state index contributed by atoms with van der Waals surface area (Å²) in [6.45, 7) is 2.03. The molecule has 0 fully saturated rings. The molecule has 2 N–H and O–H groups in total. The Labute approximate surface area is 218 Å². The molecule has 0 spiro atoms. The van der Waals surface area contributed by atoms with Crippen LogP contribution in [0.15, 0.2) is 24.3 Å². The summed E-state index contributed by atoms with van der Waals surface area (Å²) < 4.78 is 27.2. The van der Waals surface area contributed by atoms with Gasteiger partial charge in [-0.15, -0.1) is 0 Å². The van der Waals surface area contributed by atoms with Gasteiger partial charge in [-0.3, -0.25) is 19.1 Å². The summed E-state index contributed by atoms with van der Waals surface area (Å²) >= 11 is 0. The third-order valence-corrected chi connectivity index (χ3v) is 6.34. The second kappa shape index (κ2) is 22.0. The number of nitrogens with zero attached hydrogens (tertiary/aromatic N) is 1. The zero-order valence-electron chi connectivity index (χ0n) is 22.9. The molecule has 0 amide bonds. The molecule has 0 rings (SSSR count). The van der Waals surface area contributed by atoms with Crippen LogP contribution in [0.5, 0.6) is 0 Å². The fourth-order valence-electron chi connectivity index (χ4n) is 3.09. The van der Waals surface area contributed by atoms with Crippen molar-refractivity contribution in [2.45, 2.75) is 90.1 Å². The summed E-state index contributed by atoms with van der Waals surface area (Å²) in [5, 5.41) is 8.94. The van der Waals surface area contributed by atoms with E-state index in [1.54, 1.807) is 0 Å². The Bertz CT molecular complexity index is 648. The Morgan fingerprint density at radius 2 is 1.50 bits per heavy atom. The molecule has 1 unspecified atom stereocenters. The van der Waals surface area contributed by atoms with Gasteiger partial charge in [0.25, 0.3) is 0 Å². The molecule has 0 aromatic heterocycles. The van der Waals surface area contributed by atoms with Gasteiger partial charge in [0.1, 0.15) is 19.8 Å². The van der Waals surface area contributed by atoms with Crippen molar-refractivity contribution >= 4 is 13.8 Å². The average molecular weight is 537 g/mol. The summed E-state index contributed by atoms with van der Waals surface area (Å²) in [6, 6.07) is 0. The SMILES string of the molecule is CCCCC/C=C\C/C=C\CCCCCCCC(=O)OC[C@H](COP(=O)(O)OCC[N+](C)(C)C)OO. The number of hydrogen-bond donors (Lipinski definition) is 2. The van der Waals surface area contributed by atoms with Crippen molar-refractivity contribution in [1.82, 2.24) is 0 Å². The topological polar surface area (TPSA) is 112 Å². The molecule has 0 aliphatic heterocycles. The van der Waals surface area contributed by atoms with Crippen molar-refractivity contribution in [3.05, 3.63) is 24.3 Å². The maximum Gasteiger partial charge on any atom is 0.472 e. The van der Waals surface area contributed by atoms with Crippen LogP contribution in [0.25, 0.3) is 0 Å². The summed E-state index contributed by atoms with van der Waals surface area (Å²) in [6.07, 6.45) is 20.3. The number of phosphoric ester groups is 1. The smallest absolute Gasteiger partial charge is 0.463 e. The van der Waals surface area contributed by atoms with Gasteiger partial charge in [0.2, 0.25) is 0 Å². The predicted molar refractivity (Wildman–Crippen MR) is 142 cm³/mol. The highest BCUT2D eigenvalue weighted by Gasteiger charge is 2.25. The first-order valence-corrected chi connectivity index (χ1v) is 14.8. The van der Waals surface area contributed by atoms with E-state index in [1.807, 2.05) is 21.1 Å². The number of rotatable bonds is 24. The number of ether oxygens (including phenoxy) is 1. The maximum atomic E-state index is 11.9. The van der Waals surface area contributed by atoms with E-state index < -0.39 is 26.5 Å². The second-order valence-electron chi connectivity index (χ2n) is 10.0. The molecule has 10 heteroatoms. The standard InChI is InChI=1S/C26H50NO8P/c1-5-6-7-8-9-10-11-12-13-14-15-16-17-18-19-20-26(28)32-23-25(35-29)24-34-36(30,31)33-22-21-27(2,3)4/h9-10,12-13,25H,5-8,11,14-24H2,1-4H3,(H-,29,30,31)/p+1/b10-9-,13-12-/t25-/m1/s1. The predicted octanol–water partition coefficient (Wildman–Crippen LogP) is 6.04. The quantitative estimate of drug-likeness (QED) is 0.0292. The summed E-state index contributed by atoms with van der Waals surface area (Å²) in [7, 11) is 1.48. The van der Waals surface area contributed by atoms with E-state index in [-0.39, 0.29) is 19.6 Å². The Balaban J connectivity index is 3.76. The molecule has 0 bridgehead atoms. The lowest BCUT2D eigenvalue weighted by molar-refractivity contribution is -0.870. The highest BCUT2D eigenvalue weighted by Crippen LogP contribution is 2.43. The van der Waals surface area contributed by atoms with Gasteiger partial charge in [0, 0.05) is 6.42 Å². The minimum absolute atomic E-state index is 0.0322. The lowest BCUT2D eigenvalue weighted by Gasteiger charge is -2.24. The molecule has 36 heavy (non-hydrogen) atoms. The van der Waals surface area contributed by atoms with Crippen molar-refractivity contribution in [2.75, 3.05) is 47.5 Å². The first kappa shape index (κ1) is 34.9. The van der Waals surface area contributed by atoms with E-state index in [9.17, 15) is 14.3 Å². The van der Waals surface area contributed by atoms with E-state index in [2.05, 4.69) is 36.1 Å². The molecule has 0 aromatic carbocycles. The summed E-state index contributed by atoms with van der Waals surface area (Å²) in [5.74, 6) is -0.408. The molecule has 9 nitrogen and oxygen atoms in total. The number of allylic oxidation sites excluding steroid dienone is 4. The average Bonchev–Trinajstić information content (AvgIpc) is 2.80. The van der Waals surface area contributed by atoms with Crippen molar-refractivity contribution in [3.8, 4) is 0 Å². The number of esters is 1. The monoisotopic (exact) mass is 536 g/mol. The lowest BCUT2D eigenvalue weighted by atomic mass is 10.1. The van der Waals surface area contributed by atoms with Crippen LogP contribution in [-0.2, 0) is 28.0 Å². The molecule has 212 valence electrons. The fraction of sp³-hybridized carbons (Fsp3) is 0.808. The normalized spacial score (nSPS) is 14.9. The van der Waals surface area contributed by atoms with Gasteiger partial charge < -0.3 is 14.1 Å². The van der Waals surface area contributed by atoms with Crippen LogP contribution in [0.4, 0.5) is 0 Å². The van der Waals surface area contributed by atoms with Gasteiger partial charge in [-0.05, 0) is 38.5 Å². The summed E-state index contributed by atoms with van der Waals surface area (Å²) in [4.78, 5) is 25.8. The van der Waals surface area contributed by atoms with E-state index in [4.69, 9.17) is 19.0 Å². The number of hydrogen-bond acceptors (Lipinski definition) is 7. The van der Waals surface area contributed by atoms with Crippen LogP contribution in [0.2, 0.25) is 0 Å². The van der Waals surface area contributed by atoms with Crippen LogP contribution >= 0.6 is 7.82 Å². The van der Waals surface area contributed by atoms with Crippen molar-refractivity contribution in [3.63, 3.8) is 0 Å². The molecular weight excluding hydrogens is 485 g/mol. The van der Waals surface area contributed by atoms with E-state index in [0.29, 0.717) is 11.0 Å². The van der Waals surface area contributed by atoms with Crippen LogP contribution in [0, 0.1) is 0 Å². The Morgan fingerprint density at radius 3 is 2.11 bits per heavy atom. The first-order valence-electron chi connectivity index (χ1n) is 13.3. The minimum atomic E-state index is -4.29. The van der Waals surface area contributed by atoms with Crippen molar-refractivity contribution in [2.24, 2.45) is 0 Å². The Morgan fingerprint density at radius 1 is 0.889 bits per heavy atom. The highest BCUT2D eigenvalue weighted by atomic mass is 31.2. The van der Waals surface area contributed by atoms with Gasteiger partial charge in [-0.1, -0.05) is 63.3 Å². The first-order chi connectivity index (χ1) is 17.1. The third kappa shape index (κ3) is 24.6. The Hall–Kier alpha value is -1.06. The number of phosphoric acid groups is 1. The number of likely N-dealkylation sites (N-methyl/N-ethyl adjacent to an activating group) is 1. The van der Waals surface area contributed by atoms with Gasteiger partial charge in [0.05, 0.1) is 27.7 Å². The zero-order chi connectivity index (χ0) is 27.1. The molecular formula is C26H51NO8P+. The van der Waals surface area contributed by atoms with Gasteiger partial charge in [0.15, 0.2) is 6.10 Å². The van der Waals surface area contributed by atoms with Crippen molar-refractivity contribution < 1.29 is 42.7 Å². The molecule has 0 aliphatic carbocycles.